The van der Waals surface area contributed by atoms with Gasteiger partial charge in [0.05, 0.1) is 6.04 Å². The summed E-state index contributed by atoms with van der Waals surface area (Å²) in [6.45, 7) is 8.39. The zero-order chi connectivity index (χ0) is 13.9. The highest BCUT2D eigenvalue weighted by atomic mass is 16.4. The van der Waals surface area contributed by atoms with Crippen molar-refractivity contribution >= 4 is 11.9 Å². The average molecular weight is 256 g/mol. The van der Waals surface area contributed by atoms with Gasteiger partial charge in [-0.25, -0.2) is 0 Å². The number of hydrogen-bond donors (Lipinski definition) is 2. The van der Waals surface area contributed by atoms with Crippen LogP contribution in [-0.4, -0.2) is 47.1 Å². The largest absolute Gasteiger partial charge is 0.480 e. The van der Waals surface area contributed by atoms with Crippen LogP contribution in [0.1, 0.15) is 40.5 Å². The van der Waals surface area contributed by atoms with Gasteiger partial charge >= 0.3 is 5.97 Å². The second-order valence-corrected chi connectivity index (χ2v) is 5.93. The van der Waals surface area contributed by atoms with E-state index in [1.54, 1.807) is 0 Å². The molecule has 0 bridgehead atoms. The predicted molar refractivity (Wildman–Crippen MR) is 69.3 cm³/mol. The number of rotatable bonds is 4. The van der Waals surface area contributed by atoms with E-state index in [9.17, 15) is 9.59 Å². The van der Waals surface area contributed by atoms with Crippen LogP contribution in [0.5, 0.6) is 0 Å². The van der Waals surface area contributed by atoms with E-state index in [2.05, 4.69) is 19.2 Å². The van der Waals surface area contributed by atoms with E-state index < -0.39 is 5.97 Å². The number of carboxylic acid groups (broad SMARTS) is 1. The van der Waals surface area contributed by atoms with Crippen LogP contribution < -0.4 is 5.32 Å². The standard InChI is InChI=1S/C13H24N2O3/c1-9(2)15(8-10(16)17)12(18)11-13(3,4)6-5-7-14-11/h9,11,14H,5-8H2,1-4H3,(H,16,17). The topological polar surface area (TPSA) is 69.6 Å². The Bertz CT molecular complexity index is 326. The number of carboxylic acids is 1. The Balaban J connectivity index is 2.84. The van der Waals surface area contributed by atoms with Crippen molar-refractivity contribution in [1.82, 2.24) is 10.2 Å². The molecule has 0 aromatic heterocycles. The zero-order valence-electron chi connectivity index (χ0n) is 11.7. The lowest BCUT2D eigenvalue weighted by molar-refractivity contribution is -0.148. The van der Waals surface area contributed by atoms with Gasteiger partial charge in [-0.1, -0.05) is 13.8 Å². The summed E-state index contributed by atoms with van der Waals surface area (Å²) in [5.41, 5.74) is -0.124. The molecule has 0 aliphatic carbocycles. The number of aliphatic carboxylic acids is 1. The summed E-state index contributed by atoms with van der Waals surface area (Å²) >= 11 is 0. The van der Waals surface area contributed by atoms with E-state index in [1.807, 2.05) is 13.8 Å². The second kappa shape index (κ2) is 5.69. The fraction of sp³-hybridized carbons (Fsp3) is 0.846. The molecular formula is C13H24N2O3. The highest BCUT2D eigenvalue weighted by Crippen LogP contribution is 2.31. The Labute approximate surface area is 109 Å². The van der Waals surface area contributed by atoms with Gasteiger partial charge in [0.25, 0.3) is 0 Å². The fourth-order valence-electron chi connectivity index (χ4n) is 2.46. The molecule has 1 heterocycles. The first-order chi connectivity index (χ1) is 8.25. The fourth-order valence-corrected chi connectivity index (χ4v) is 2.46. The van der Waals surface area contributed by atoms with E-state index in [0.29, 0.717) is 0 Å². The number of carbonyl (C=O) groups excluding carboxylic acids is 1. The van der Waals surface area contributed by atoms with Crippen LogP contribution in [0.25, 0.3) is 0 Å². The molecule has 0 aromatic rings. The maximum Gasteiger partial charge on any atom is 0.323 e. The first kappa shape index (κ1) is 15.0. The van der Waals surface area contributed by atoms with Crippen LogP contribution in [0, 0.1) is 5.41 Å². The monoisotopic (exact) mass is 256 g/mol. The smallest absolute Gasteiger partial charge is 0.323 e. The predicted octanol–water partition coefficient (Wildman–Crippen LogP) is 1.09. The summed E-state index contributed by atoms with van der Waals surface area (Å²) in [7, 11) is 0. The second-order valence-electron chi connectivity index (χ2n) is 5.93. The lowest BCUT2D eigenvalue weighted by Gasteiger charge is -2.41. The summed E-state index contributed by atoms with van der Waals surface area (Å²) in [4.78, 5) is 24.8. The molecule has 1 aliphatic heterocycles. The molecule has 1 rings (SSSR count). The van der Waals surface area contributed by atoms with Crippen molar-refractivity contribution in [2.24, 2.45) is 5.41 Å². The maximum absolute atomic E-state index is 12.5. The van der Waals surface area contributed by atoms with Gasteiger partial charge in [0.1, 0.15) is 6.54 Å². The molecule has 5 nitrogen and oxygen atoms in total. The molecule has 1 fully saturated rings. The number of nitrogens with zero attached hydrogens (tertiary/aromatic N) is 1. The molecular weight excluding hydrogens is 232 g/mol. The molecule has 5 heteroatoms. The van der Waals surface area contributed by atoms with Crippen molar-refractivity contribution in [3.63, 3.8) is 0 Å². The van der Waals surface area contributed by atoms with Gasteiger partial charge in [-0.3, -0.25) is 9.59 Å². The normalized spacial score (nSPS) is 22.8. The Kier molecular flexibility index (Phi) is 4.73. The summed E-state index contributed by atoms with van der Waals surface area (Å²) in [6.07, 6.45) is 2.03. The third-order valence-electron chi connectivity index (χ3n) is 3.59. The van der Waals surface area contributed by atoms with Crippen LogP contribution in [0.3, 0.4) is 0 Å². The van der Waals surface area contributed by atoms with Crippen molar-refractivity contribution in [2.45, 2.75) is 52.6 Å². The molecule has 0 radical (unpaired) electrons. The highest BCUT2D eigenvalue weighted by molar-refractivity contribution is 5.86. The molecule has 1 saturated heterocycles. The van der Waals surface area contributed by atoms with Crippen LogP contribution >= 0.6 is 0 Å². The van der Waals surface area contributed by atoms with Gasteiger partial charge in [0.15, 0.2) is 0 Å². The van der Waals surface area contributed by atoms with Gasteiger partial charge < -0.3 is 15.3 Å². The molecule has 1 amide bonds. The van der Waals surface area contributed by atoms with Gasteiger partial charge in [0.2, 0.25) is 5.91 Å². The quantitative estimate of drug-likeness (QED) is 0.790. The first-order valence-electron chi connectivity index (χ1n) is 6.51. The summed E-state index contributed by atoms with van der Waals surface area (Å²) in [6, 6.07) is -0.388. The van der Waals surface area contributed by atoms with Crippen molar-refractivity contribution in [2.75, 3.05) is 13.1 Å². The van der Waals surface area contributed by atoms with E-state index >= 15 is 0 Å². The van der Waals surface area contributed by atoms with E-state index in [-0.39, 0.29) is 30.0 Å². The first-order valence-corrected chi connectivity index (χ1v) is 6.51. The molecule has 0 saturated carbocycles. The lowest BCUT2D eigenvalue weighted by Crippen LogP contribution is -2.58. The SMILES string of the molecule is CC(C)N(CC(=O)O)C(=O)C1NCCCC1(C)C. The number of hydrogen-bond acceptors (Lipinski definition) is 3. The number of carbonyl (C=O) groups is 2. The van der Waals surface area contributed by atoms with Crippen LogP contribution in [-0.2, 0) is 9.59 Å². The minimum Gasteiger partial charge on any atom is -0.480 e. The summed E-state index contributed by atoms with van der Waals surface area (Å²) in [5.74, 6) is -1.07. The molecule has 1 unspecified atom stereocenters. The van der Waals surface area contributed by atoms with E-state index in [4.69, 9.17) is 5.11 Å². The summed E-state index contributed by atoms with van der Waals surface area (Å²) < 4.78 is 0. The van der Waals surface area contributed by atoms with Gasteiger partial charge in [-0.2, -0.15) is 0 Å². The Morgan fingerprint density at radius 3 is 2.50 bits per heavy atom. The molecule has 2 N–H and O–H groups in total. The molecule has 104 valence electrons. The minimum absolute atomic E-state index is 0.0999. The van der Waals surface area contributed by atoms with Crippen molar-refractivity contribution < 1.29 is 14.7 Å². The van der Waals surface area contributed by atoms with Crippen molar-refractivity contribution in [3.8, 4) is 0 Å². The number of amides is 1. The lowest BCUT2D eigenvalue weighted by atomic mass is 9.77. The molecule has 18 heavy (non-hydrogen) atoms. The Hall–Kier alpha value is -1.10. The Morgan fingerprint density at radius 1 is 1.44 bits per heavy atom. The third kappa shape index (κ3) is 3.45. The van der Waals surface area contributed by atoms with Crippen LogP contribution in [0.2, 0.25) is 0 Å². The van der Waals surface area contributed by atoms with Gasteiger partial charge in [0, 0.05) is 6.04 Å². The van der Waals surface area contributed by atoms with Gasteiger partial charge in [-0.15, -0.1) is 0 Å². The Morgan fingerprint density at radius 2 is 2.06 bits per heavy atom. The summed E-state index contributed by atoms with van der Waals surface area (Å²) in [5, 5.41) is 12.1. The third-order valence-corrected chi connectivity index (χ3v) is 3.59. The molecule has 0 spiro atoms. The average Bonchev–Trinajstić information content (AvgIpc) is 2.23. The zero-order valence-corrected chi connectivity index (χ0v) is 11.7. The van der Waals surface area contributed by atoms with Crippen LogP contribution in [0.15, 0.2) is 0 Å². The highest BCUT2D eigenvalue weighted by Gasteiger charge is 2.40. The maximum atomic E-state index is 12.5. The molecule has 1 atom stereocenters. The van der Waals surface area contributed by atoms with Crippen molar-refractivity contribution in [1.29, 1.82) is 0 Å². The van der Waals surface area contributed by atoms with E-state index in [1.165, 1.54) is 4.90 Å². The molecule has 1 aliphatic rings. The minimum atomic E-state index is -0.967. The van der Waals surface area contributed by atoms with Gasteiger partial charge in [-0.05, 0) is 38.6 Å². The molecule has 0 aromatic carbocycles. The van der Waals surface area contributed by atoms with Crippen molar-refractivity contribution in [3.05, 3.63) is 0 Å². The number of piperidine rings is 1. The van der Waals surface area contributed by atoms with Crippen LogP contribution in [0.4, 0.5) is 0 Å². The van der Waals surface area contributed by atoms with E-state index in [0.717, 1.165) is 19.4 Å². The number of nitrogens with one attached hydrogen (secondary N) is 1.